The van der Waals surface area contributed by atoms with Gasteiger partial charge in [-0.15, -0.1) is 0 Å². The maximum absolute atomic E-state index is 13.8. The Labute approximate surface area is 215 Å². The molecule has 0 aliphatic heterocycles. The fourth-order valence-corrected chi connectivity index (χ4v) is 5.63. The number of fused-ring (bicyclic) bond motifs is 1. The molecule has 0 saturated carbocycles. The number of hydrogen-bond acceptors (Lipinski definition) is 6. The quantitative estimate of drug-likeness (QED) is 0.332. The molecule has 0 fully saturated rings. The van der Waals surface area contributed by atoms with Crippen LogP contribution in [0.4, 0.5) is 4.79 Å². The van der Waals surface area contributed by atoms with Gasteiger partial charge in [0.15, 0.2) is 0 Å². The van der Waals surface area contributed by atoms with Gasteiger partial charge in [0, 0.05) is 16.5 Å². The van der Waals surface area contributed by atoms with Crippen molar-refractivity contribution in [2.24, 2.45) is 0 Å². The van der Waals surface area contributed by atoms with Gasteiger partial charge in [0.2, 0.25) is 0 Å². The predicted octanol–water partition coefficient (Wildman–Crippen LogP) is 5.64. The zero-order valence-electron chi connectivity index (χ0n) is 20.5. The third kappa shape index (κ3) is 5.74. The molecule has 2 heterocycles. The molecule has 8 nitrogen and oxygen atoms in total. The maximum atomic E-state index is 13.8. The topological polar surface area (TPSA) is 103 Å². The van der Waals surface area contributed by atoms with Crippen molar-refractivity contribution in [3.63, 3.8) is 0 Å². The first-order chi connectivity index (χ1) is 16.9. The van der Waals surface area contributed by atoms with Crippen LogP contribution >= 0.6 is 11.6 Å². The Kier molecular flexibility index (Phi) is 7.15. The van der Waals surface area contributed by atoms with E-state index >= 15 is 0 Å². The Balaban J connectivity index is 1.78. The molecule has 0 unspecified atom stereocenters. The second-order valence-corrected chi connectivity index (χ2v) is 11.8. The molecule has 0 spiro atoms. The zero-order valence-corrected chi connectivity index (χ0v) is 22.1. The van der Waals surface area contributed by atoms with E-state index in [2.05, 4.69) is 10.5 Å². The van der Waals surface area contributed by atoms with Crippen molar-refractivity contribution in [3.8, 4) is 0 Å². The first kappa shape index (κ1) is 25.8. The van der Waals surface area contributed by atoms with Crippen molar-refractivity contribution in [2.75, 3.05) is 0 Å². The zero-order chi connectivity index (χ0) is 26.1. The van der Waals surface area contributed by atoms with Crippen LogP contribution in [-0.4, -0.2) is 29.2 Å². The second kappa shape index (κ2) is 9.99. The number of carbonyl (C=O) groups excluding carboxylic acids is 1. The number of alkyl carbamates (subject to hydrolysis) is 1. The summed E-state index contributed by atoms with van der Waals surface area (Å²) in [6.45, 7) is 7.11. The lowest BCUT2D eigenvalue weighted by molar-refractivity contribution is 0.0522. The summed E-state index contributed by atoms with van der Waals surface area (Å²) in [5.41, 5.74) is 2.66. The van der Waals surface area contributed by atoms with E-state index in [1.54, 1.807) is 69.3 Å². The molecule has 10 heteroatoms. The molecular formula is C26H28ClN3O5S. The van der Waals surface area contributed by atoms with E-state index in [0.29, 0.717) is 34.5 Å². The van der Waals surface area contributed by atoms with Gasteiger partial charge in [-0.25, -0.2) is 17.2 Å². The van der Waals surface area contributed by atoms with Crippen molar-refractivity contribution in [1.82, 2.24) is 14.4 Å². The minimum atomic E-state index is -3.99. The molecule has 1 N–H and O–H groups in total. The maximum Gasteiger partial charge on any atom is 0.407 e. The third-order valence-corrected chi connectivity index (χ3v) is 7.64. The van der Waals surface area contributed by atoms with Gasteiger partial charge < -0.3 is 14.6 Å². The highest BCUT2D eigenvalue weighted by molar-refractivity contribution is 7.90. The summed E-state index contributed by atoms with van der Waals surface area (Å²) in [7, 11) is -3.99. The number of halogens is 1. The highest BCUT2D eigenvalue weighted by Crippen LogP contribution is 2.31. The molecule has 1 amide bonds. The summed E-state index contributed by atoms with van der Waals surface area (Å²) >= 11 is 6.56. The van der Waals surface area contributed by atoms with E-state index in [4.69, 9.17) is 20.9 Å². The largest absolute Gasteiger partial charge is 0.444 e. The molecule has 4 aromatic rings. The minimum Gasteiger partial charge on any atom is -0.444 e. The SMILES string of the molecule is Cc1ccc(S(=O)(=O)n2c(CNC(=O)OC(C)(C)C)cc3cc(Cl)c(CCc4ccon4)cc32)cc1. The van der Waals surface area contributed by atoms with Gasteiger partial charge in [0.1, 0.15) is 11.9 Å². The summed E-state index contributed by atoms with van der Waals surface area (Å²) < 4.78 is 39.1. The predicted molar refractivity (Wildman–Crippen MR) is 138 cm³/mol. The number of carbonyl (C=O) groups is 1. The van der Waals surface area contributed by atoms with E-state index in [0.717, 1.165) is 16.8 Å². The van der Waals surface area contributed by atoms with Gasteiger partial charge in [0.25, 0.3) is 10.0 Å². The molecule has 0 aliphatic carbocycles. The van der Waals surface area contributed by atoms with Gasteiger partial charge in [-0.1, -0.05) is 34.5 Å². The number of benzene rings is 2. The highest BCUT2D eigenvalue weighted by atomic mass is 35.5. The summed E-state index contributed by atoms with van der Waals surface area (Å²) in [6.07, 6.45) is 1.99. The van der Waals surface area contributed by atoms with Gasteiger partial charge in [-0.2, -0.15) is 0 Å². The van der Waals surface area contributed by atoms with Gasteiger partial charge in [-0.3, -0.25) is 0 Å². The minimum absolute atomic E-state index is 0.0550. The smallest absolute Gasteiger partial charge is 0.407 e. The number of amides is 1. The summed E-state index contributed by atoms with van der Waals surface area (Å²) in [5.74, 6) is 0. The van der Waals surface area contributed by atoms with Gasteiger partial charge in [0.05, 0.1) is 28.3 Å². The van der Waals surface area contributed by atoms with E-state index in [1.807, 2.05) is 6.92 Å². The fourth-order valence-electron chi connectivity index (χ4n) is 3.82. The molecule has 0 atom stereocenters. The van der Waals surface area contributed by atoms with E-state index in [1.165, 1.54) is 10.2 Å². The lowest BCUT2D eigenvalue weighted by atomic mass is 10.1. The Hall–Kier alpha value is -3.30. The Morgan fingerprint density at radius 3 is 2.47 bits per heavy atom. The van der Waals surface area contributed by atoms with Crippen molar-refractivity contribution in [3.05, 3.63) is 82.3 Å². The molecule has 0 saturated heterocycles. The summed E-state index contributed by atoms with van der Waals surface area (Å²) in [5, 5.41) is 7.75. The van der Waals surface area contributed by atoms with E-state index in [-0.39, 0.29) is 11.4 Å². The number of aromatic nitrogens is 2. The standard InChI is InChI=1S/C26H28ClN3O5S/c1-17-5-9-22(10-6-17)36(32,33)30-21(16-28-25(31)35-26(2,3)4)13-19-14-23(27)18(15-24(19)30)7-8-20-11-12-34-29-20/h5-6,9-15H,7-8,16H2,1-4H3,(H,28,31). The van der Waals surface area contributed by atoms with Crippen molar-refractivity contribution < 1.29 is 22.5 Å². The Bertz CT molecular complexity index is 1490. The average Bonchev–Trinajstić information content (AvgIpc) is 3.43. The number of nitrogens with one attached hydrogen (secondary N) is 1. The van der Waals surface area contributed by atoms with Crippen LogP contribution in [0, 0.1) is 6.92 Å². The first-order valence-electron chi connectivity index (χ1n) is 11.5. The van der Waals surface area contributed by atoms with Gasteiger partial charge >= 0.3 is 6.09 Å². The number of aryl methyl sites for hydroxylation is 3. The number of nitrogens with zero attached hydrogens (tertiary/aromatic N) is 2. The monoisotopic (exact) mass is 529 g/mol. The number of ether oxygens (including phenoxy) is 1. The lowest BCUT2D eigenvalue weighted by Gasteiger charge is -2.20. The van der Waals surface area contributed by atoms with Crippen LogP contribution in [0.1, 0.15) is 43.3 Å². The van der Waals surface area contributed by atoms with Crippen LogP contribution in [0.15, 0.2) is 64.2 Å². The van der Waals surface area contributed by atoms with Gasteiger partial charge in [-0.05, 0) is 76.4 Å². The Morgan fingerprint density at radius 1 is 1.11 bits per heavy atom. The molecule has 0 bridgehead atoms. The number of rotatable bonds is 7. The van der Waals surface area contributed by atoms with Crippen LogP contribution < -0.4 is 5.32 Å². The van der Waals surface area contributed by atoms with Crippen molar-refractivity contribution >= 4 is 38.6 Å². The summed E-state index contributed by atoms with van der Waals surface area (Å²) in [6, 6.07) is 13.7. The second-order valence-electron chi connectivity index (χ2n) is 9.57. The average molecular weight is 530 g/mol. The van der Waals surface area contributed by atoms with Crippen LogP contribution in [0.5, 0.6) is 0 Å². The van der Waals surface area contributed by atoms with E-state index in [9.17, 15) is 13.2 Å². The van der Waals surface area contributed by atoms with E-state index < -0.39 is 21.7 Å². The van der Waals surface area contributed by atoms with Crippen LogP contribution in [0.3, 0.4) is 0 Å². The number of hydrogen-bond donors (Lipinski definition) is 1. The van der Waals surface area contributed by atoms with Crippen molar-refractivity contribution in [1.29, 1.82) is 0 Å². The first-order valence-corrected chi connectivity index (χ1v) is 13.3. The third-order valence-electron chi connectivity index (χ3n) is 5.51. The van der Waals surface area contributed by atoms with Crippen molar-refractivity contribution in [2.45, 2.75) is 57.6 Å². The highest BCUT2D eigenvalue weighted by Gasteiger charge is 2.25. The van der Waals surface area contributed by atoms with Crippen LogP contribution in [0.2, 0.25) is 5.02 Å². The Morgan fingerprint density at radius 2 is 1.83 bits per heavy atom. The van der Waals surface area contributed by atoms with Crippen LogP contribution in [0.25, 0.3) is 10.9 Å². The molecule has 0 radical (unpaired) electrons. The molecular weight excluding hydrogens is 502 g/mol. The lowest BCUT2D eigenvalue weighted by Crippen LogP contribution is -2.33. The molecule has 2 aromatic heterocycles. The van der Waals surface area contributed by atoms with Crippen LogP contribution in [-0.2, 0) is 34.1 Å². The molecule has 0 aliphatic rings. The molecule has 190 valence electrons. The summed E-state index contributed by atoms with van der Waals surface area (Å²) in [4.78, 5) is 12.4. The fraction of sp³-hybridized carbons (Fsp3) is 0.308. The molecule has 2 aromatic carbocycles. The molecule has 36 heavy (non-hydrogen) atoms. The normalized spacial score (nSPS) is 12.1. The molecule has 4 rings (SSSR count).